The van der Waals surface area contributed by atoms with Crippen molar-refractivity contribution in [3.05, 3.63) is 138 Å². The van der Waals surface area contributed by atoms with Gasteiger partial charge in [-0.3, -0.25) is 4.79 Å². The van der Waals surface area contributed by atoms with Crippen LogP contribution in [0.4, 0.5) is 0 Å². The molecule has 0 saturated carbocycles. The molecule has 142 valence electrons. The van der Waals surface area contributed by atoms with E-state index in [1.807, 2.05) is 48.5 Å². The number of fused-ring (bicyclic) bond motifs is 3. The van der Waals surface area contributed by atoms with Crippen molar-refractivity contribution in [1.82, 2.24) is 0 Å². The summed E-state index contributed by atoms with van der Waals surface area (Å²) in [6.45, 7) is 0. The third kappa shape index (κ3) is 3.31. The number of hydrogen-bond acceptors (Lipinski definition) is 1. The maximum atomic E-state index is 13.1. The van der Waals surface area contributed by atoms with Gasteiger partial charge in [-0.15, -0.1) is 0 Å². The maximum absolute atomic E-state index is 13.1. The zero-order valence-electron chi connectivity index (χ0n) is 16.5. The normalized spacial score (nSPS) is 11.7. The first-order chi connectivity index (χ1) is 14.8. The van der Waals surface area contributed by atoms with Crippen LogP contribution in [0, 0.1) is 0 Å². The molecule has 0 aliphatic carbocycles. The molecule has 0 heterocycles. The molecular formula is C29H20O. The van der Waals surface area contributed by atoms with Crippen molar-refractivity contribution in [3.63, 3.8) is 0 Å². The highest BCUT2D eigenvalue weighted by Gasteiger charge is 2.13. The van der Waals surface area contributed by atoms with E-state index in [0.717, 1.165) is 22.1 Å². The second kappa shape index (κ2) is 7.81. The van der Waals surface area contributed by atoms with Gasteiger partial charge >= 0.3 is 0 Å². The van der Waals surface area contributed by atoms with Crippen LogP contribution in [0.5, 0.6) is 0 Å². The van der Waals surface area contributed by atoms with Gasteiger partial charge in [-0.2, -0.15) is 0 Å². The van der Waals surface area contributed by atoms with Crippen LogP contribution in [0.25, 0.3) is 27.1 Å². The lowest BCUT2D eigenvalue weighted by atomic mass is 9.90. The standard InChI is InChI=1S/C29H20O/c30-29(23-13-5-2-6-14-23)20-28(21-10-3-1-4-11-21)26-17-9-16-25-24-15-8-7-12-22(24)18-19-27(25)26/h1-20H. The van der Waals surface area contributed by atoms with Crippen LogP contribution in [-0.2, 0) is 0 Å². The van der Waals surface area contributed by atoms with Crippen LogP contribution in [0.3, 0.4) is 0 Å². The van der Waals surface area contributed by atoms with Crippen molar-refractivity contribution in [2.24, 2.45) is 0 Å². The van der Waals surface area contributed by atoms with Crippen molar-refractivity contribution in [2.75, 3.05) is 0 Å². The Labute approximate surface area is 175 Å². The number of ketones is 1. The van der Waals surface area contributed by atoms with Gasteiger partial charge in [-0.1, -0.05) is 115 Å². The summed E-state index contributed by atoms with van der Waals surface area (Å²) < 4.78 is 0. The molecule has 0 aromatic heterocycles. The van der Waals surface area contributed by atoms with Crippen LogP contribution in [-0.4, -0.2) is 5.78 Å². The zero-order chi connectivity index (χ0) is 20.3. The van der Waals surface area contributed by atoms with Crippen molar-refractivity contribution in [1.29, 1.82) is 0 Å². The van der Waals surface area contributed by atoms with E-state index in [0.29, 0.717) is 5.56 Å². The molecule has 0 atom stereocenters. The SMILES string of the molecule is O=C(C=C(c1ccccc1)c1cccc2c1ccc1ccccc12)c1ccccc1. The van der Waals surface area contributed by atoms with Gasteiger partial charge in [0.15, 0.2) is 5.78 Å². The summed E-state index contributed by atoms with van der Waals surface area (Å²) in [5.41, 5.74) is 3.72. The lowest BCUT2D eigenvalue weighted by Crippen LogP contribution is -1.98. The number of carbonyl (C=O) groups is 1. The third-order valence-corrected chi connectivity index (χ3v) is 5.50. The van der Waals surface area contributed by atoms with Crippen molar-refractivity contribution in [3.8, 4) is 0 Å². The summed E-state index contributed by atoms with van der Waals surface area (Å²) in [7, 11) is 0. The fourth-order valence-electron chi connectivity index (χ4n) is 4.03. The fraction of sp³-hybridized carbons (Fsp3) is 0. The summed E-state index contributed by atoms with van der Waals surface area (Å²) in [5.74, 6) is 0.00671. The summed E-state index contributed by atoms with van der Waals surface area (Å²) in [4.78, 5) is 13.1. The second-order valence-corrected chi connectivity index (χ2v) is 7.34. The first-order valence-corrected chi connectivity index (χ1v) is 10.1. The minimum Gasteiger partial charge on any atom is -0.289 e. The van der Waals surface area contributed by atoms with E-state index < -0.39 is 0 Å². The molecule has 5 aromatic carbocycles. The molecule has 5 aromatic rings. The van der Waals surface area contributed by atoms with E-state index in [1.165, 1.54) is 16.2 Å². The largest absolute Gasteiger partial charge is 0.289 e. The monoisotopic (exact) mass is 384 g/mol. The Hall–Kier alpha value is -3.97. The number of carbonyl (C=O) groups excluding carboxylic acids is 1. The Morgan fingerprint density at radius 1 is 0.500 bits per heavy atom. The van der Waals surface area contributed by atoms with Gasteiger partial charge in [-0.05, 0) is 44.3 Å². The van der Waals surface area contributed by atoms with Gasteiger partial charge in [0.05, 0.1) is 0 Å². The molecule has 5 rings (SSSR count). The average molecular weight is 384 g/mol. The van der Waals surface area contributed by atoms with Gasteiger partial charge < -0.3 is 0 Å². The summed E-state index contributed by atoms with van der Waals surface area (Å²) in [5, 5.41) is 4.78. The quantitative estimate of drug-likeness (QED) is 0.180. The second-order valence-electron chi connectivity index (χ2n) is 7.34. The first-order valence-electron chi connectivity index (χ1n) is 10.1. The molecule has 0 bridgehead atoms. The predicted octanol–water partition coefficient (Wildman–Crippen LogP) is 7.31. The molecule has 0 fully saturated rings. The minimum absolute atomic E-state index is 0.00671. The van der Waals surface area contributed by atoms with Crippen LogP contribution >= 0.6 is 0 Å². The fourth-order valence-corrected chi connectivity index (χ4v) is 4.03. The Morgan fingerprint density at radius 3 is 1.90 bits per heavy atom. The molecule has 0 saturated heterocycles. The smallest absolute Gasteiger partial charge is 0.186 e. The van der Waals surface area contributed by atoms with E-state index in [-0.39, 0.29) is 5.78 Å². The van der Waals surface area contributed by atoms with E-state index in [2.05, 4.69) is 66.7 Å². The predicted molar refractivity (Wildman–Crippen MR) is 126 cm³/mol. The lowest BCUT2D eigenvalue weighted by Gasteiger charge is -2.13. The Kier molecular flexibility index (Phi) is 4.71. The molecule has 0 aliphatic rings. The highest BCUT2D eigenvalue weighted by atomic mass is 16.1. The van der Waals surface area contributed by atoms with Gasteiger partial charge in [0.2, 0.25) is 0 Å². The maximum Gasteiger partial charge on any atom is 0.186 e. The summed E-state index contributed by atoms with van der Waals surface area (Å²) in [6.07, 6.45) is 1.77. The summed E-state index contributed by atoms with van der Waals surface area (Å²) in [6, 6.07) is 38.7. The van der Waals surface area contributed by atoms with Gasteiger partial charge in [0.25, 0.3) is 0 Å². The van der Waals surface area contributed by atoms with E-state index in [4.69, 9.17) is 0 Å². The zero-order valence-corrected chi connectivity index (χ0v) is 16.5. The Morgan fingerprint density at radius 2 is 1.13 bits per heavy atom. The molecule has 1 nitrogen and oxygen atoms in total. The first kappa shape index (κ1) is 18.1. The number of rotatable bonds is 4. The Balaban J connectivity index is 1.76. The lowest BCUT2D eigenvalue weighted by molar-refractivity contribution is 0.104. The molecule has 0 amide bonds. The molecule has 0 spiro atoms. The Bertz CT molecular complexity index is 1380. The average Bonchev–Trinajstić information content (AvgIpc) is 2.83. The van der Waals surface area contributed by atoms with Gasteiger partial charge in [0, 0.05) is 5.56 Å². The molecule has 1 heteroatoms. The minimum atomic E-state index is 0.00671. The van der Waals surface area contributed by atoms with Crippen molar-refractivity contribution in [2.45, 2.75) is 0 Å². The summed E-state index contributed by atoms with van der Waals surface area (Å²) >= 11 is 0. The van der Waals surface area contributed by atoms with Gasteiger partial charge in [-0.25, -0.2) is 0 Å². The van der Waals surface area contributed by atoms with E-state index >= 15 is 0 Å². The van der Waals surface area contributed by atoms with Gasteiger partial charge in [0.1, 0.15) is 0 Å². The highest BCUT2D eigenvalue weighted by Crippen LogP contribution is 2.34. The third-order valence-electron chi connectivity index (χ3n) is 5.50. The molecule has 30 heavy (non-hydrogen) atoms. The van der Waals surface area contributed by atoms with Crippen LogP contribution in [0.15, 0.2) is 121 Å². The molecule has 0 unspecified atom stereocenters. The van der Waals surface area contributed by atoms with Crippen LogP contribution < -0.4 is 0 Å². The van der Waals surface area contributed by atoms with Crippen molar-refractivity contribution < 1.29 is 4.79 Å². The number of hydrogen-bond donors (Lipinski definition) is 0. The van der Waals surface area contributed by atoms with E-state index in [1.54, 1.807) is 6.08 Å². The number of benzene rings is 5. The van der Waals surface area contributed by atoms with E-state index in [9.17, 15) is 4.79 Å². The van der Waals surface area contributed by atoms with Crippen molar-refractivity contribution >= 4 is 32.9 Å². The molecular weight excluding hydrogens is 364 g/mol. The van der Waals surface area contributed by atoms with Crippen LogP contribution in [0.1, 0.15) is 21.5 Å². The highest BCUT2D eigenvalue weighted by molar-refractivity contribution is 6.15. The molecule has 0 N–H and O–H groups in total. The van der Waals surface area contributed by atoms with Crippen LogP contribution in [0.2, 0.25) is 0 Å². The molecule has 0 radical (unpaired) electrons. The molecule has 0 aliphatic heterocycles. The topological polar surface area (TPSA) is 17.1 Å². The number of allylic oxidation sites excluding steroid dienone is 1.